The molecule has 5 N–H and O–H groups in total. The number of hydrogen-bond acceptors (Lipinski definition) is 17. The van der Waals surface area contributed by atoms with E-state index in [2.05, 4.69) is 20.2 Å². The maximum atomic E-state index is 14.6. The van der Waals surface area contributed by atoms with Crippen LogP contribution < -0.4 is 4.74 Å². The minimum absolute atomic E-state index is 0.168. The maximum absolute atomic E-state index is 14.6. The lowest BCUT2D eigenvalue weighted by Gasteiger charge is -2.51. The fourth-order valence-electron chi connectivity index (χ4n) is 11.7. The van der Waals surface area contributed by atoms with Crippen LogP contribution in [-0.4, -0.2) is 186 Å². The van der Waals surface area contributed by atoms with Crippen LogP contribution in [0.15, 0.2) is 42.7 Å². The number of aromatic nitrogens is 4. The normalized spacial score (nSPS) is 39.9. The highest BCUT2D eigenvalue weighted by Gasteiger charge is 2.55. The number of carbonyl (C=O) groups is 1. The zero-order chi connectivity index (χ0) is 51.5. The Kier molecular flexibility index (Phi) is 18.5. The van der Waals surface area contributed by atoms with Gasteiger partial charge in [0.05, 0.1) is 59.3 Å². The third-order valence-electron chi connectivity index (χ3n) is 16.0. The van der Waals surface area contributed by atoms with Gasteiger partial charge in [0, 0.05) is 68.8 Å². The van der Waals surface area contributed by atoms with Crippen molar-refractivity contribution >= 4 is 16.9 Å². The minimum Gasteiger partial charge on any atom is -0.491 e. The molecule has 18 nitrogen and oxygen atoms in total. The van der Waals surface area contributed by atoms with Crippen molar-refractivity contribution in [2.75, 3.05) is 40.9 Å². The van der Waals surface area contributed by atoms with Crippen LogP contribution in [0.1, 0.15) is 101 Å². The number of esters is 1. The van der Waals surface area contributed by atoms with Crippen LogP contribution in [0.3, 0.4) is 0 Å². The minimum atomic E-state index is -1.81. The first-order valence-electron chi connectivity index (χ1n) is 25.4. The van der Waals surface area contributed by atoms with Crippen molar-refractivity contribution in [1.29, 1.82) is 0 Å². The lowest BCUT2D eigenvalue weighted by atomic mass is 9.68. The van der Waals surface area contributed by atoms with E-state index in [4.69, 9.17) is 28.4 Å². The standard InChI is InChI=1S/C52H84N6O12/c1-14-42-52(10,64)45(60)34(6)57(12)28-30(2)26-50(8,63)47(32(4)43(33(5)48(62)69-42)41-27-51(9,65-13)46(61)35(7)68-41)70-49-44(59)39(25-31(3)67-49)56(11)22-20-36-29-58(55-54-36)23-24-66-40-19-15-18-38-37(40)17-16-21-53-38/h15-19,21,29-35,39,41-47,49,59-61,63-64H,14,20,22-28H2,1-13H3/t30-,31-,32+,33-,34-,35+,39+,41?,42-,43+,44-,45-,46+,47-,49+,50-,51-,52-/m1/s1. The number of aliphatic hydroxyl groups is 5. The third kappa shape index (κ3) is 12.5. The van der Waals surface area contributed by atoms with Gasteiger partial charge in [0.25, 0.3) is 0 Å². The van der Waals surface area contributed by atoms with Gasteiger partial charge in [-0.2, -0.15) is 0 Å². The quantitative estimate of drug-likeness (QED) is 0.153. The van der Waals surface area contributed by atoms with E-state index in [-0.39, 0.29) is 31.3 Å². The Balaban J connectivity index is 1.25. The summed E-state index contributed by atoms with van der Waals surface area (Å²) in [7, 11) is 5.34. The molecule has 3 fully saturated rings. The smallest absolute Gasteiger partial charge is 0.309 e. The number of fused-ring (bicyclic) bond motifs is 1. The van der Waals surface area contributed by atoms with Gasteiger partial charge in [0.1, 0.15) is 42.4 Å². The summed E-state index contributed by atoms with van der Waals surface area (Å²) in [5, 5.41) is 69.8. The largest absolute Gasteiger partial charge is 0.491 e. The molecule has 18 heteroatoms. The third-order valence-corrected chi connectivity index (χ3v) is 16.0. The highest BCUT2D eigenvalue weighted by atomic mass is 16.7. The molecule has 2 aromatic heterocycles. The molecule has 3 aliphatic heterocycles. The molecule has 0 saturated carbocycles. The van der Waals surface area contributed by atoms with Crippen LogP contribution in [-0.2, 0) is 41.4 Å². The molecule has 6 rings (SSSR count). The number of cyclic esters (lactones) is 1. The van der Waals surface area contributed by atoms with E-state index in [1.807, 2.05) is 90.1 Å². The highest BCUT2D eigenvalue weighted by molar-refractivity contribution is 5.84. The number of ether oxygens (including phenoxy) is 6. The number of carbonyl (C=O) groups excluding carboxylic acids is 1. The second kappa shape index (κ2) is 23.2. The zero-order valence-corrected chi connectivity index (χ0v) is 43.8. The Bertz CT molecular complexity index is 2140. The van der Waals surface area contributed by atoms with Crippen molar-refractivity contribution in [3.63, 3.8) is 0 Å². The van der Waals surface area contributed by atoms with Gasteiger partial charge in [-0.3, -0.25) is 9.78 Å². The SMILES string of the molecule is CC[C@H]1OC(=O)[C@H](C)[C@@H](C2C[C@@](C)(OC)[C@@H](O)[C@H](C)O2)[C@H](C)[C@@H](O[C@@H]2O[C@H](C)C[C@H](N(C)CCc3cn(CCOc4cccc5ncccc45)nn3)[C@H]2O)[C@](C)(O)C[C@@H](C)CN(C)[C@H](C)[C@@H](O)[C@]1(C)O. The van der Waals surface area contributed by atoms with Crippen molar-refractivity contribution in [2.45, 2.75) is 192 Å². The molecule has 0 spiro atoms. The zero-order valence-electron chi connectivity index (χ0n) is 43.8. The number of rotatable bonds is 13. The number of benzene rings is 1. The van der Waals surface area contributed by atoms with Crippen molar-refractivity contribution in [1.82, 2.24) is 29.8 Å². The van der Waals surface area contributed by atoms with Crippen molar-refractivity contribution in [3.8, 4) is 5.75 Å². The number of nitrogens with zero attached hydrogens (tertiary/aromatic N) is 6. The van der Waals surface area contributed by atoms with Gasteiger partial charge in [0.15, 0.2) is 6.29 Å². The lowest BCUT2D eigenvalue weighted by Crippen LogP contribution is -2.62. The van der Waals surface area contributed by atoms with Crippen LogP contribution in [0.4, 0.5) is 0 Å². The second-order valence-electron chi connectivity index (χ2n) is 21.7. The topological polar surface area (TPSA) is 224 Å². The Labute approximate surface area is 414 Å². The number of likely N-dealkylation sites (N-methyl/N-ethyl adjacent to an activating group) is 2. The molecule has 70 heavy (non-hydrogen) atoms. The summed E-state index contributed by atoms with van der Waals surface area (Å²) in [5.41, 5.74) is -2.79. The Hall–Kier alpha value is -3.40. The summed E-state index contributed by atoms with van der Waals surface area (Å²) in [6, 6.07) is 8.71. The summed E-state index contributed by atoms with van der Waals surface area (Å²) in [6.07, 6.45) is -3.06. The molecule has 5 heterocycles. The molecule has 18 atom stereocenters. The van der Waals surface area contributed by atoms with E-state index in [0.29, 0.717) is 39.1 Å². The van der Waals surface area contributed by atoms with Crippen LogP contribution >= 0.6 is 0 Å². The summed E-state index contributed by atoms with van der Waals surface area (Å²) in [4.78, 5) is 23.0. The molecule has 1 aromatic carbocycles. The monoisotopic (exact) mass is 985 g/mol. The van der Waals surface area contributed by atoms with E-state index in [1.165, 1.54) is 14.0 Å². The summed E-state index contributed by atoms with van der Waals surface area (Å²) < 4.78 is 40.1. The number of hydrogen-bond donors (Lipinski definition) is 5. The first-order valence-corrected chi connectivity index (χ1v) is 25.4. The van der Waals surface area contributed by atoms with Gasteiger partial charge >= 0.3 is 5.97 Å². The van der Waals surface area contributed by atoms with E-state index in [0.717, 1.165) is 22.3 Å². The van der Waals surface area contributed by atoms with E-state index in [9.17, 15) is 30.3 Å². The van der Waals surface area contributed by atoms with E-state index in [1.54, 1.807) is 38.6 Å². The summed E-state index contributed by atoms with van der Waals surface area (Å²) in [5.74, 6) is -2.36. The van der Waals surface area contributed by atoms with Gasteiger partial charge in [0.2, 0.25) is 0 Å². The van der Waals surface area contributed by atoms with Gasteiger partial charge in [-0.1, -0.05) is 39.0 Å². The summed E-state index contributed by atoms with van der Waals surface area (Å²) in [6.45, 7) is 19.9. The Morgan fingerprint density at radius 2 is 1.70 bits per heavy atom. The molecule has 3 saturated heterocycles. The fraction of sp³-hybridized carbons (Fsp3) is 0.769. The molecule has 394 valence electrons. The van der Waals surface area contributed by atoms with Crippen LogP contribution in [0, 0.1) is 23.7 Å². The fourth-order valence-corrected chi connectivity index (χ4v) is 11.7. The van der Waals surface area contributed by atoms with E-state index < -0.39 is 102 Å². The number of pyridine rings is 1. The Morgan fingerprint density at radius 1 is 0.971 bits per heavy atom. The average Bonchev–Trinajstić information content (AvgIpc) is 3.77. The predicted molar refractivity (Wildman–Crippen MR) is 263 cm³/mol. The van der Waals surface area contributed by atoms with Crippen molar-refractivity contribution < 1.29 is 58.7 Å². The van der Waals surface area contributed by atoms with Crippen LogP contribution in [0.2, 0.25) is 0 Å². The molecule has 0 bridgehead atoms. The molecule has 3 aliphatic rings. The van der Waals surface area contributed by atoms with Gasteiger partial charge in [-0.15, -0.1) is 5.10 Å². The molecule has 1 unspecified atom stereocenters. The number of methoxy groups -OCH3 is 1. The van der Waals surface area contributed by atoms with Crippen LogP contribution in [0.25, 0.3) is 10.9 Å². The maximum Gasteiger partial charge on any atom is 0.309 e. The van der Waals surface area contributed by atoms with Crippen molar-refractivity contribution in [2.24, 2.45) is 23.7 Å². The van der Waals surface area contributed by atoms with Gasteiger partial charge in [-0.05, 0) is 111 Å². The van der Waals surface area contributed by atoms with Crippen LogP contribution in [0.5, 0.6) is 5.75 Å². The van der Waals surface area contributed by atoms with Gasteiger partial charge in [-0.25, -0.2) is 4.68 Å². The van der Waals surface area contributed by atoms with Gasteiger partial charge < -0.3 is 63.8 Å². The Morgan fingerprint density at radius 3 is 2.40 bits per heavy atom. The number of aliphatic hydroxyl groups excluding tert-OH is 3. The van der Waals surface area contributed by atoms with E-state index >= 15 is 0 Å². The predicted octanol–water partition coefficient (Wildman–Crippen LogP) is 4.01. The molecule has 0 amide bonds. The molecule has 0 radical (unpaired) electrons. The molecule has 3 aromatic rings. The highest BCUT2D eigenvalue weighted by Crippen LogP contribution is 2.45. The first kappa shape index (κ1) is 55.9. The lowest BCUT2D eigenvalue weighted by molar-refractivity contribution is -0.302. The second-order valence-corrected chi connectivity index (χ2v) is 21.7. The van der Waals surface area contributed by atoms with Crippen molar-refractivity contribution in [3.05, 3.63) is 48.4 Å². The molecule has 0 aliphatic carbocycles. The molecular weight excluding hydrogens is 901 g/mol. The molecular formula is C52H84N6O12. The average molecular weight is 985 g/mol. The first-order chi connectivity index (χ1) is 32.9. The summed E-state index contributed by atoms with van der Waals surface area (Å²) >= 11 is 0.